The summed E-state index contributed by atoms with van der Waals surface area (Å²) in [6, 6.07) is 3.81. The number of pyridine rings is 1. The number of carbonyl (C=O) groups is 2. The van der Waals surface area contributed by atoms with Crippen molar-refractivity contribution in [3.05, 3.63) is 35.1 Å². The van der Waals surface area contributed by atoms with Gasteiger partial charge in [0.2, 0.25) is 5.91 Å². The number of carbonyl (C=O) groups excluding carboxylic acids is 2. The molecule has 170 valence electrons. The Labute approximate surface area is 191 Å². The molecule has 0 aliphatic carbocycles. The van der Waals surface area contributed by atoms with E-state index in [1.165, 1.54) is 11.3 Å². The number of piperidine rings is 2. The maximum atomic E-state index is 13.3. The van der Waals surface area contributed by atoms with Gasteiger partial charge in [0.15, 0.2) is 5.79 Å². The fourth-order valence-corrected chi connectivity index (χ4v) is 5.85. The number of hydrogen-bond acceptors (Lipinski definition) is 7. The molecule has 2 aromatic rings. The Morgan fingerprint density at radius 1 is 1.16 bits per heavy atom. The van der Waals surface area contributed by atoms with Crippen molar-refractivity contribution in [1.29, 1.82) is 0 Å². The zero-order valence-electron chi connectivity index (χ0n) is 18.3. The molecule has 0 N–H and O–H groups in total. The van der Waals surface area contributed by atoms with Crippen molar-refractivity contribution >= 4 is 23.2 Å². The predicted octanol–water partition coefficient (Wildman–Crippen LogP) is 2.73. The van der Waals surface area contributed by atoms with E-state index < -0.39 is 5.79 Å². The SMILES string of the molecule is Cc1nc(-c2cccnc2)sc1C(=O)N1CCCC(C(=O)N2CCC3(CC2)OCCO3)C1. The van der Waals surface area contributed by atoms with Crippen molar-refractivity contribution in [3.8, 4) is 10.6 Å². The Morgan fingerprint density at radius 2 is 1.94 bits per heavy atom. The van der Waals surface area contributed by atoms with Crippen molar-refractivity contribution in [3.63, 3.8) is 0 Å². The zero-order valence-corrected chi connectivity index (χ0v) is 19.1. The smallest absolute Gasteiger partial charge is 0.265 e. The molecule has 1 spiro atoms. The molecule has 2 aromatic heterocycles. The van der Waals surface area contributed by atoms with E-state index in [0.717, 1.165) is 29.1 Å². The maximum absolute atomic E-state index is 13.3. The van der Waals surface area contributed by atoms with Crippen LogP contribution in [0.4, 0.5) is 0 Å². The van der Waals surface area contributed by atoms with Gasteiger partial charge in [-0.2, -0.15) is 0 Å². The van der Waals surface area contributed by atoms with Crippen LogP contribution >= 0.6 is 11.3 Å². The number of thiazole rings is 1. The van der Waals surface area contributed by atoms with E-state index in [4.69, 9.17) is 9.47 Å². The van der Waals surface area contributed by atoms with Crippen molar-refractivity contribution in [1.82, 2.24) is 19.8 Å². The molecule has 0 aromatic carbocycles. The van der Waals surface area contributed by atoms with Crippen LogP contribution in [0.3, 0.4) is 0 Å². The van der Waals surface area contributed by atoms with E-state index in [1.807, 2.05) is 28.9 Å². The number of nitrogens with zero attached hydrogens (tertiary/aromatic N) is 4. The number of aryl methyl sites for hydroxylation is 1. The summed E-state index contributed by atoms with van der Waals surface area (Å²) >= 11 is 1.40. The van der Waals surface area contributed by atoms with E-state index in [0.29, 0.717) is 57.1 Å². The van der Waals surface area contributed by atoms with Gasteiger partial charge in [-0.05, 0) is 31.9 Å². The molecule has 1 atom stereocenters. The van der Waals surface area contributed by atoms with Crippen LogP contribution in [0.2, 0.25) is 0 Å². The summed E-state index contributed by atoms with van der Waals surface area (Å²) in [5.74, 6) is -0.523. The van der Waals surface area contributed by atoms with Crippen molar-refractivity contribution in [2.45, 2.75) is 38.4 Å². The zero-order chi connectivity index (χ0) is 22.1. The third kappa shape index (κ3) is 4.16. The maximum Gasteiger partial charge on any atom is 0.265 e. The lowest BCUT2D eigenvalue weighted by atomic mass is 9.94. The number of rotatable bonds is 3. The summed E-state index contributed by atoms with van der Waals surface area (Å²) < 4.78 is 11.6. The van der Waals surface area contributed by atoms with Crippen LogP contribution < -0.4 is 0 Å². The fourth-order valence-electron chi connectivity index (χ4n) is 4.83. The molecular formula is C23H28N4O4S. The van der Waals surface area contributed by atoms with Crippen LogP contribution in [-0.2, 0) is 14.3 Å². The molecule has 0 radical (unpaired) electrons. The first-order valence-electron chi connectivity index (χ1n) is 11.3. The van der Waals surface area contributed by atoms with Crippen molar-refractivity contribution in [2.75, 3.05) is 39.4 Å². The topological polar surface area (TPSA) is 84.9 Å². The molecule has 0 saturated carbocycles. The van der Waals surface area contributed by atoms with Crippen molar-refractivity contribution in [2.24, 2.45) is 5.92 Å². The van der Waals surface area contributed by atoms with Crippen molar-refractivity contribution < 1.29 is 19.1 Å². The van der Waals surface area contributed by atoms with E-state index in [-0.39, 0.29) is 17.7 Å². The Morgan fingerprint density at radius 3 is 2.66 bits per heavy atom. The van der Waals surface area contributed by atoms with Crippen LogP contribution in [0, 0.1) is 12.8 Å². The highest BCUT2D eigenvalue weighted by Crippen LogP contribution is 2.33. The number of hydrogen-bond donors (Lipinski definition) is 0. The van der Waals surface area contributed by atoms with Gasteiger partial charge >= 0.3 is 0 Å². The van der Waals surface area contributed by atoms with Gasteiger partial charge in [-0.3, -0.25) is 14.6 Å². The average Bonchev–Trinajstić information content (AvgIpc) is 3.46. The first-order chi connectivity index (χ1) is 15.5. The van der Waals surface area contributed by atoms with Gasteiger partial charge in [0.25, 0.3) is 5.91 Å². The fraction of sp³-hybridized carbons (Fsp3) is 0.565. The molecule has 1 unspecified atom stereocenters. The third-order valence-corrected chi connectivity index (χ3v) is 7.80. The Bertz CT molecular complexity index is 979. The molecule has 5 rings (SSSR count). The molecular weight excluding hydrogens is 428 g/mol. The first kappa shape index (κ1) is 21.5. The summed E-state index contributed by atoms with van der Waals surface area (Å²) in [6.07, 6.45) is 6.55. The molecule has 8 nitrogen and oxygen atoms in total. The second kappa shape index (κ2) is 8.88. The summed E-state index contributed by atoms with van der Waals surface area (Å²) in [5, 5.41) is 0.794. The number of likely N-dealkylation sites (tertiary alicyclic amines) is 2. The minimum absolute atomic E-state index is 0.0296. The standard InChI is InChI=1S/C23H28N4O4S/c1-16-19(32-20(25-16)17-4-2-8-24-14-17)22(29)27-9-3-5-18(15-27)21(28)26-10-6-23(7-11-26)30-12-13-31-23/h2,4,8,14,18H,3,5-7,9-13,15H2,1H3. The molecule has 9 heteroatoms. The van der Waals surface area contributed by atoms with Gasteiger partial charge in [-0.1, -0.05) is 0 Å². The third-order valence-electron chi connectivity index (χ3n) is 6.61. The first-order valence-corrected chi connectivity index (χ1v) is 12.1. The van der Waals surface area contributed by atoms with Crippen LogP contribution in [0.25, 0.3) is 10.6 Å². The summed E-state index contributed by atoms with van der Waals surface area (Å²) in [7, 11) is 0. The Kier molecular flexibility index (Phi) is 5.96. The molecule has 3 aliphatic rings. The van der Waals surface area contributed by atoms with Gasteiger partial charge in [-0.15, -0.1) is 11.3 Å². The Hall–Kier alpha value is -2.36. The highest BCUT2D eigenvalue weighted by molar-refractivity contribution is 7.17. The number of amides is 2. The lowest BCUT2D eigenvalue weighted by Crippen LogP contribution is -2.51. The number of aromatic nitrogens is 2. The quantitative estimate of drug-likeness (QED) is 0.706. The molecule has 32 heavy (non-hydrogen) atoms. The van der Waals surface area contributed by atoms with E-state index >= 15 is 0 Å². The van der Waals surface area contributed by atoms with Crippen LogP contribution in [0.5, 0.6) is 0 Å². The highest BCUT2D eigenvalue weighted by atomic mass is 32.1. The van der Waals surface area contributed by atoms with Gasteiger partial charge < -0.3 is 19.3 Å². The molecule has 5 heterocycles. The van der Waals surface area contributed by atoms with Gasteiger partial charge in [0.1, 0.15) is 9.88 Å². The second-order valence-corrected chi connectivity index (χ2v) is 9.70. The van der Waals surface area contributed by atoms with Crippen LogP contribution in [0.1, 0.15) is 41.0 Å². The number of ether oxygens (including phenoxy) is 2. The Balaban J connectivity index is 1.24. The molecule has 3 fully saturated rings. The normalized spacial score (nSPS) is 23.0. The summed E-state index contributed by atoms with van der Waals surface area (Å²) in [4.78, 5) is 39.6. The predicted molar refractivity (Wildman–Crippen MR) is 119 cm³/mol. The molecule has 2 amide bonds. The van der Waals surface area contributed by atoms with E-state index in [2.05, 4.69) is 9.97 Å². The van der Waals surface area contributed by atoms with Crippen LogP contribution in [-0.4, -0.2) is 76.8 Å². The van der Waals surface area contributed by atoms with Gasteiger partial charge in [0.05, 0.1) is 24.8 Å². The van der Waals surface area contributed by atoms with Gasteiger partial charge in [0, 0.05) is 57.0 Å². The average molecular weight is 457 g/mol. The summed E-state index contributed by atoms with van der Waals surface area (Å²) in [5.41, 5.74) is 1.63. The van der Waals surface area contributed by atoms with Crippen LogP contribution in [0.15, 0.2) is 24.5 Å². The minimum atomic E-state index is -0.485. The minimum Gasteiger partial charge on any atom is -0.347 e. The van der Waals surface area contributed by atoms with E-state index in [9.17, 15) is 9.59 Å². The molecule has 3 saturated heterocycles. The van der Waals surface area contributed by atoms with Gasteiger partial charge in [-0.25, -0.2) is 4.98 Å². The lowest BCUT2D eigenvalue weighted by molar-refractivity contribution is -0.188. The highest BCUT2D eigenvalue weighted by Gasteiger charge is 2.42. The second-order valence-electron chi connectivity index (χ2n) is 8.70. The summed E-state index contributed by atoms with van der Waals surface area (Å²) in [6.45, 7) is 5.56. The molecule has 0 bridgehead atoms. The monoisotopic (exact) mass is 456 g/mol. The van der Waals surface area contributed by atoms with E-state index in [1.54, 1.807) is 12.4 Å². The lowest BCUT2D eigenvalue weighted by Gasteiger charge is -2.40. The molecule has 3 aliphatic heterocycles. The largest absolute Gasteiger partial charge is 0.347 e.